The summed E-state index contributed by atoms with van der Waals surface area (Å²) in [5.41, 5.74) is 3.61. The molecule has 6 nitrogen and oxygen atoms in total. The van der Waals surface area contributed by atoms with Gasteiger partial charge in [0.25, 0.3) is 5.56 Å². The number of aromatic amines is 1. The van der Waals surface area contributed by atoms with Crippen LogP contribution in [0.4, 0.5) is 11.5 Å². The minimum absolute atomic E-state index is 0.192. The zero-order chi connectivity index (χ0) is 22.9. The van der Waals surface area contributed by atoms with E-state index in [2.05, 4.69) is 15.3 Å². The van der Waals surface area contributed by atoms with Crippen LogP contribution in [0.2, 0.25) is 0 Å². The van der Waals surface area contributed by atoms with E-state index in [1.54, 1.807) is 18.6 Å². The highest BCUT2D eigenvalue weighted by molar-refractivity contribution is 5.95. The number of H-pyrrole nitrogens is 1. The Hall–Kier alpha value is -3.80. The molecule has 0 aliphatic carbocycles. The van der Waals surface area contributed by atoms with E-state index in [9.17, 15) is 9.59 Å². The van der Waals surface area contributed by atoms with Crippen molar-refractivity contribution in [3.05, 3.63) is 82.5 Å². The van der Waals surface area contributed by atoms with Crippen molar-refractivity contribution in [2.24, 2.45) is 0 Å². The summed E-state index contributed by atoms with van der Waals surface area (Å²) >= 11 is 0. The Bertz CT molecular complexity index is 1350. The number of aromatic nitrogens is 3. The maximum absolute atomic E-state index is 12.6. The number of ketones is 1. The number of nitrogens with zero attached hydrogens (tertiary/aromatic N) is 2. The predicted octanol–water partition coefficient (Wildman–Crippen LogP) is 5.29. The van der Waals surface area contributed by atoms with Gasteiger partial charge < -0.3 is 10.3 Å². The first kappa shape index (κ1) is 21.4. The minimum atomic E-state index is -0.548. The summed E-state index contributed by atoms with van der Waals surface area (Å²) in [7, 11) is 0. The average molecular weight is 427 g/mol. The number of carbonyl (C=O) groups excluding carboxylic acids is 1. The van der Waals surface area contributed by atoms with Gasteiger partial charge in [-0.2, -0.15) is 0 Å². The lowest BCUT2D eigenvalue weighted by Crippen LogP contribution is -2.28. The van der Waals surface area contributed by atoms with Gasteiger partial charge in [-0.1, -0.05) is 19.1 Å². The molecule has 0 atom stereocenters. The summed E-state index contributed by atoms with van der Waals surface area (Å²) in [5, 5.41) is 4.57. The van der Waals surface area contributed by atoms with Crippen molar-refractivity contribution in [2.45, 2.75) is 39.5 Å². The largest absolute Gasteiger partial charge is 0.340 e. The van der Waals surface area contributed by atoms with Gasteiger partial charge >= 0.3 is 0 Å². The molecular formula is C26H26N4O2. The van der Waals surface area contributed by atoms with E-state index in [1.165, 1.54) is 0 Å². The van der Waals surface area contributed by atoms with Crippen molar-refractivity contribution in [1.29, 1.82) is 0 Å². The van der Waals surface area contributed by atoms with Gasteiger partial charge in [-0.05, 0) is 67.6 Å². The van der Waals surface area contributed by atoms with Crippen LogP contribution in [0.15, 0.2) is 65.8 Å². The van der Waals surface area contributed by atoms with Crippen LogP contribution in [0.1, 0.15) is 38.3 Å². The number of hydrogen-bond acceptors (Lipinski definition) is 5. The number of Topliss-reactive ketones (excluding diaryl/α,β-unsaturated/α-hetero) is 1. The lowest BCUT2D eigenvalue weighted by atomic mass is 9.79. The van der Waals surface area contributed by atoms with E-state index in [0.717, 1.165) is 33.5 Å². The van der Waals surface area contributed by atoms with Crippen molar-refractivity contribution < 1.29 is 4.79 Å². The average Bonchev–Trinajstić information content (AvgIpc) is 2.78. The number of pyridine rings is 3. The fourth-order valence-corrected chi connectivity index (χ4v) is 3.86. The summed E-state index contributed by atoms with van der Waals surface area (Å²) in [6.45, 7) is 7.74. The third-order valence-corrected chi connectivity index (χ3v) is 5.81. The number of rotatable bonds is 6. The molecule has 1 aromatic carbocycles. The third-order valence-electron chi connectivity index (χ3n) is 5.81. The molecule has 0 bridgehead atoms. The molecule has 0 aliphatic heterocycles. The van der Waals surface area contributed by atoms with Gasteiger partial charge in [-0.3, -0.25) is 14.6 Å². The normalized spacial score (nSPS) is 11.5. The van der Waals surface area contributed by atoms with Gasteiger partial charge in [0.15, 0.2) is 0 Å². The molecule has 0 radical (unpaired) electrons. The zero-order valence-corrected chi connectivity index (χ0v) is 18.7. The van der Waals surface area contributed by atoms with Crippen molar-refractivity contribution >= 4 is 28.1 Å². The SMILES string of the molecule is CCC(=O)C(C)(C)c1ccc(Nc2nc(-c3cncc(C)c3)cc3cc[nH]c(=O)c23)cc1. The van der Waals surface area contributed by atoms with Crippen molar-refractivity contribution in [2.75, 3.05) is 5.32 Å². The highest BCUT2D eigenvalue weighted by Crippen LogP contribution is 2.30. The van der Waals surface area contributed by atoms with Gasteiger partial charge in [0.05, 0.1) is 11.1 Å². The molecule has 3 aromatic heterocycles. The van der Waals surface area contributed by atoms with E-state index >= 15 is 0 Å². The number of carbonyl (C=O) groups is 1. The Morgan fingerprint density at radius 1 is 1.09 bits per heavy atom. The Morgan fingerprint density at radius 2 is 1.84 bits per heavy atom. The topological polar surface area (TPSA) is 87.7 Å². The van der Waals surface area contributed by atoms with Crippen LogP contribution in [-0.4, -0.2) is 20.7 Å². The lowest BCUT2D eigenvalue weighted by molar-refractivity contribution is -0.123. The van der Waals surface area contributed by atoms with Crippen LogP contribution in [0.3, 0.4) is 0 Å². The van der Waals surface area contributed by atoms with Crippen molar-refractivity contribution in [3.8, 4) is 11.3 Å². The van der Waals surface area contributed by atoms with Gasteiger partial charge in [0, 0.05) is 41.7 Å². The van der Waals surface area contributed by atoms with Crippen LogP contribution in [-0.2, 0) is 10.2 Å². The number of fused-ring (bicyclic) bond motifs is 1. The van der Waals surface area contributed by atoms with Crippen LogP contribution < -0.4 is 10.9 Å². The smallest absolute Gasteiger partial charge is 0.259 e. The molecule has 0 amide bonds. The van der Waals surface area contributed by atoms with Crippen molar-refractivity contribution in [3.63, 3.8) is 0 Å². The molecule has 0 saturated carbocycles. The molecule has 0 fully saturated rings. The minimum Gasteiger partial charge on any atom is -0.340 e. The van der Waals surface area contributed by atoms with Gasteiger partial charge in [0.2, 0.25) is 0 Å². The number of nitrogens with one attached hydrogen (secondary N) is 2. The number of hydrogen-bond donors (Lipinski definition) is 2. The van der Waals surface area contributed by atoms with E-state index in [-0.39, 0.29) is 11.3 Å². The number of aryl methyl sites for hydroxylation is 1. The molecule has 3 heterocycles. The summed E-state index contributed by atoms with van der Waals surface area (Å²) in [6, 6.07) is 13.5. The first-order chi connectivity index (χ1) is 15.3. The van der Waals surface area contributed by atoms with Gasteiger partial charge in [-0.15, -0.1) is 0 Å². The second kappa shape index (κ2) is 8.38. The molecule has 32 heavy (non-hydrogen) atoms. The molecular weight excluding hydrogens is 400 g/mol. The molecule has 0 aliphatic rings. The van der Waals surface area contributed by atoms with Crippen LogP contribution in [0.25, 0.3) is 22.0 Å². The highest BCUT2D eigenvalue weighted by Gasteiger charge is 2.27. The molecule has 0 unspecified atom stereocenters. The Balaban J connectivity index is 1.77. The first-order valence-corrected chi connectivity index (χ1v) is 10.6. The van der Waals surface area contributed by atoms with Crippen molar-refractivity contribution in [1.82, 2.24) is 15.0 Å². The quantitative estimate of drug-likeness (QED) is 0.437. The van der Waals surface area contributed by atoms with Crippen LogP contribution in [0.5, 0.6) is 0 Å². The second-order valence-electron chi connectivity index (χ2n) is 8.48. The van der Waals surface area contributed by atoms with Gasteiger partial charge in [-0.25, -0.2) is 4.98 Å². The van der Waals surface area contributed by atoms with E-state index in [1.807, 2.05) is 70.2 Å². The zero-order valence-electron chi connectivity index (χ0n) is 18.7. The van der Waals surface area contributed by atoms with E-state index in [0.29, 0.717) is 17.6 Å². The Morgan fingerprint density at radius 3 is 2.53 bits per heavy atom. The summed E-state index contributed by atoms with van der Waals surface area (Å²) in [6.07, 6.45) is 5.68. The molecule has 4 aromatic rings. The third kappa shape index (κ3) is 4.04. The lowest BCUT2D eigenvalue weighted by Gasteiger charge is -2.23. The predicted molar refractivity (Wildman–Crippen MR) is 128 cm³/mol. The summed E-state index contributed by atoms with van der Waals surface area (Å²) < 4.78 is 0. The van der Waals surface area contributed by atoms with Gasteiger partial charge in [0.1, 0.15) is 11.6 Å². The standard InChI is InChI=1S/C26H26N4O2/c1-5-22(31)26(3,4)19-6-8-20(9-7-19)29-24-23-17(10-11-28-25(23)32)13-21(30-24)18-12-16(2)14-27-15-18/h6-15H,5H2,1-4H3,(H,28,32)(H,29,30). The molecule has 162 valence electrons. The van der Waals surface area contributed by atoms with E-state index in [4.69, 9.17) is 4.98 Å². The highest BCUT2D eigenvalue weighted by atomic mass is 16.1. The maximum atomic E-state index is 12.6. The molecule has 2 N–H and O–H groups in total. The van der Waals surface area contributed by atoms with Crippen LogP contribution in [0, 0.1) is 6.92 Å². The molecule has 6 heteroatoms. The van der Waals surface area contributed by atoms with Crippen LogP contribution >= 0.6 is 0 Å². The monoisotopic (exact) mass is 426 g/mol. The maximum Gasteiger partial charge on any atom is 0.259 e. The summed E-state index contributed by atoms with van der Waals surface area (Å²) in [5.74, 6) is 0.661. The molecule has 0 spiro atoms. The number of benzene rings is 1. The summed E-state index contributed by atoms with van der Waals surface area (Å²) in [4.78, 5) is 36.7. The second-order valence-corrected chi connectivity index (χ2v) is 8.48. The van der Waals surface area contributed by atoms with E-state index < -0.39 is 5.41 Å². The Labute approximate surface area is 186 Å². The molecule has 0 saturated heterocycles. The number of anilines is 2. The Kier molecular flexibility index (Phi) is 5.61. The molecule has 4 rings (SSSR count). The fraction of sp³-hybridized carbons (Fsp3) is 0.231. The fourth-order valence-electron chi connectivity index (χ4n) is 3.86. The first-order valence-electron chi connectivity index (χ1n) is 10.6.